The highest BCUT2D eigenvalue weighted by atomic mass is 35.6. The van der Waals surface area contributed by atoms with Crippen molar-refractivity contribution in [1.29, 1.82) is 0 Å². The van der Waals surface area contributed by atoms with Crippen LogP contribution in [0.2, 0.25) is 0 Å². The van der Waals surface area contributed by atoms with E-state index in [2.05, 4.69) is 14.8 Å². The Labute approximate surface area is 209 Å². The summed E-state index contributed by atoms with van der Waals surface area (Å²) in [6.45, 7) is 1.92. The van der Waals surface area contributed by atoms with Gasteiger partial charge < -0.3 is 19.5 Å². The smallest absolute Gasteiger partial charge is 0.456 e. The number of amides is 2. The number of nitrogens with one attached hydrogen (secondary N) is 1. The highest BCUT2D eigenvalue weighted by Crippen LogP contribution is 2.31. The minimum absolute atomic E-state index is 0.0112. The second-order valence-corrected chi connectivity index (χ2v) is 9.94. The molecule has 1 heterocycles. The van der Waals surface area contributed by atoms with E-state index in [0.717, 1.165) is 10.5 Å². The number of nitrogens with zero attached hydrogens (tertiary/aromatic N) is 1. The Morgan fingerprint density at radius 2 is 1.70 bits per heavy atom. The van der Waals surface area contributed by atoms with Gasteiger partial charge in [-0.2, -0.15) is 0 Å². The van der Waals surface area contributed by atoms with Gasteiger partial charge in [-0.25, -0.2) is 9.59 Å². The van der Waals surface area contributed by atoms with E-state index in [4.69, 9.17) is 51.1 Å². The number of esters is 1. The van der Waals surface area contributed by atoms with E-state index in [1.165, 1.54) is 0 Å². The Kier molecular flexibility index (Phi) is 9.66. The second kappa shape index (κ2) is 11.8. The van der Waals surface area contributed by atoms with Gasteiger partial charge in [0.25, 0.3) is 11.8 Å². The molecule has 2 rings (SSSR count). The van der Waals surface area contributed by atoms with Crippen LogP contribution in [0.3, 0.4) is 0 Å². The first kappa shape index (κ1) is 27.0. The zero-order chi connectivity index (χ0) is 24.8. The standard InChI is InChI=1S/C20H20Cl4N2O7/c1-11(2)15(18(29)31-8-12-6-4-3-5-7-12)26-16(21)14(17(26)28)25-13(27)9-32-19(30)33-10-20(22,23)24/h3-7,14,16H,8-10H2,1-2H3,(H,25,27)/t14-,16+/m0/s1. The molecule has 1 fully saturated rings. The van der Waals surface area contributed by atoms with Crippen molar-refractivity contribution in [3.63, 3.8) is 0 Å². The summed E-state index contributed by atoms with van der Waals surface area (Å²) < 4.78 is 12.5. The molecule has 0 spiro atoms. The van der Waals surface area contributed by atoms with Crippen LogP contribution < -0.4 is 5.32 Å². The summed E-state index contributed by atoms with van der Waals surface area (Å²) >= 11 is 22.5. The van der Waals surface area contributed by atoms with Gasteiger partial charge in [0.1, 0.15) is 30.5 Å². The zero-order valence-electron chi connectivity index (χ0n) is 17.5. The van der Waals surface area contributed by atoms with E-state index < -0.39 is 52.5 Å². The molecule has 0 aromatic heterocycles. The highest BCUT2D eigenvalue weighted by molar-refractivity contribution is 6.67. The van der Waals surface area contributed by atoms with Crippen LogP contribution in [0.4, 0.5) is 4.79 Å². The Morgan fingerprint density at radius 3 is 2.24 bits per heavy atom. The van der Waals surface area contributed by atoms with Crippen molar-refractivity contribution < 1.29 is 33.4 Å². The number of ether oxygens (including phenoxy) is 3. The third-order valence-electron chi connectivity index (χ3n) is 4.14. The number of β-lactam (4-membered cyclic amide) rings is 1. The van der Waals surface area contributed by atoms with Gasteiger partial charge in [-0.15, -0.1) is 0 Å². The maximum Gasteiger partial charge on any atom is 0.508 e. The Bertz CT molecular complexity index is 930. The van der Waals surface area contributed by atoms with Crippen molar-refractivity contribution in [1.82, 2.24) is 10.2 Å². The van der Waals surface area contributed by atoms with Crippen molar-refractivity contribution in [3.8, 4) is 0 Å². The van der Waals surface area contributed by atoms with Crippen molar-refractivity contribution in [2.24, 2.45) is 0 Å². The van der Waals surface area contributed by atoms with Gasteiger partial charge in [0.15, 0.2) is 6.61 Å². The van der Waals surface area contributed by atoms with E-state index in [9.17, 15) is 19.2 Å². The number of benzene rings is 1. The van der Waals surface area contributed by atoms with E-state index >= 15 is 0 Å². The average Bonchev–Trinajstić information content (AvgIpc) is 2.76. The monoisotopic (exact) mass is 540 g/mol. The molecule has 0 bridgehead atoms. The van der Waals surface area contributed by atoms with Crippen molar-refractivity contribution in [3.05, 3.63) is 47.2 Å². The molecule has 1 saturated heterocycles. The molecule has 180 valence electrons. The third-order valence-corrected chi connectivity index (χ3v) is 4.91. The van der Waals surface area contributed by atoms with Gasteiger partial charge in [-0.3, -0.25) is 14.5 Å². The van der Waals surface area contributed by atoms with E-state index in [1.807, 2.05) is 6.07 Å². The third kappa shape index (κ3) is 7.96. The topological polar surface area (TPSA) is 111 Å². The predicted octanol–water partition coefficient (Wildman–Crippen LogP) is 3.44. The molecule has 0 unspecified atom stereocenters. The Balaban J connectivity index is 1.89. The molecule has 1 N–H and O–H groups in total. The first-order chi connectivity index (χ1) is 15.4. The maximum atomic E-state index is 12.6. The lowest BCUT2D eigenvalue weighted by molar-refractivity contribution is -0.153. The van der Waals surface area contributed by atoms with Crippen LogP contribution in [0.25, 0.3) is 0 Å². The number of carbonyl (C=O) groups excluding carboxylic acids is 4. The molecule has 0 radical (unpaired) electrons. The van der Waals surface area contributed by atoms with Gasteiger partial charge in [0, 0.05) is 0 Å². The molecule has 9 nitrogen and oxygen atoms in total. The van der Waals surface area contributed by atoms with E-state index in [0.29, 0.717) is 5.57 Å². The summed E-state index contributed by atoms with van der Waals surface area (Å²) in [7, 11) is 0. The average molecular weight is 542 g/mol. The lowest BCUT2D eigenvalue weighted by Crippen LogP contribution is -2.69. The molecular formula is C20H20Cl4N2O7. The summed E-state index contributed by atoms with van der Waals surface area (Å²) in [6.07, 6.45) is -1.24. The van der Waals surface area contributed by atoms with Gasteiger partial charge in [0.2, 0.25) is 3.79 Å². The van der Waals surface area contributed by atoms with Crippen LogP contribution in [-0.4, -0.2) is 57.4 Å². The highest BCUT2D eigenvalue weighted by Gasteiger charge is 2.51. The fourth-order valence-electron chi connectivity index (χ4n) is 2.68. The minimum atomic E-state index is -1.83. The van der Waals surface area contributed by atoms with Crippen molar-refractivity contribution >= 4 is 70.3 Å². The molecular weight excluding hydrogens is 522 g/mol. The van der Waals surface area contributed by atoms with Crippen molar-refractivity contribution in [2.45, 2.75) is 35.8 Å². The number of halogens is 4. The quantitative estimate of drug-likeness (QED) is 0.176. The predicted molar refractivity (Wildman–Crippen MR) is 121 cm³/mol. The Morgan fingerprint density at radius 1 is 1.06 bits per heavy atom. The number of hydrogen-bond donors (Lipinski definition) is 1. The molecule has 1 aliphatic heterocycles. The van der Waals surface area contributed by atoms with Gasteiger partial charge >= 0.3 is 12.1 Å². The summed E-state index contributed by atoms with van der Waals surface area (Å²) in [6, 6.07) is 7.87. The zero-order valence-corrected chi connectivity index (χ0v) is 20.5. The molecule has 1 aromatic rings. The summed E-state index contributed by atoms with van der Waals surface area (Å²) in [5.41, 5.74) is 0.186. The first-order valence-corrected chi connectivity index (χ1v) is 11.0. The van der Waals surface area contributed by atoms with Crippen LogP contribution in [0.5, 0.6) is 0 Å². The number of rotatable bonds is 8. The number of likely N-dealkylation sites (tertiary alicyclic amines) is 1. The molecule has 2 atom stereocenters. The van der Waals surface area contributed by atoms with Crippen LogP contribution in [0.1, 0.15) is 19.4 Å². The lowest BCUT2D eigenvalue weighted by atomic mass is 10.0. The molecule has 33 heavy (non-hydrogen) atoms. The molecule has 0 aliphatic carbocycles. The van der Waals surface area contributed by atoms with Crippen LogP contribution in [0, 0.1) is 0 Å². The summed E-state index contributed by atoms with van der Waals surface area (Å²) in [5.74, 6) is -2.19. The van der Waals surface area contributed by atoms with E-state index in [1.54, 1.807) is 38.1 Å². The van der Waals surface area contributed by atoms with Gasteiger partial charge in [0.05, 0.1) is 0 Å². The summed E-state index contributed by atoms with van der Waals surface area (Å²) in [4.78, 5) is 49.6. The largest absolute Gasteiger partial charge is 0.508 e. The summed E-state index contributed by atoms with van der Waals surface area (Å²) in [5, 5.41) is 2.32. The lowest BCUT2D eigenvalue weighted by Gasteiger charge is -2.44. The fraction of sp³-hybridized carbons (Fsp3) is 0.400. The van der Waals surface area contributed by atoms with Crippen molar-refractivity contribution in [2.75, 3.05) is 13.2 Å². The Hall–Kier alpha value is -2.20. The van der Waals surface area contributed by atoms with Gasteiger partial charge in [-0.05, 0) is 25.0 Å². The maximum absolute atomic E-state index is 12.6. The number of hydrogen-bond acceptors (Lipinski definition) is 7. The molecule has 1 aliphatic rings. The molecule has 1 aromatic carbocycles. The fourth-order valence-corrected chi connectivity index (χ4v) is 3.21. The molecule has 2 amide bonds. The van der Waals surface area contributed by atoms with Gasteiger partial charge in [-0.1, -0.05) is 76.7 Å². The molecule has 13 heteroatoms. The molecule has 0 saturated carbocycles. The number of carbonyl (C=O) groups is 4. The van der Waals surface area contributed by atoms with Crippen LogP contribution in [-0.2, 0) is 35.2 Å². The normalized spacial score (nSPS) is 17.5. The van der Waals surface area contributed by atoms with Crippen LogP contribution >= 0.6 is 46.4 Å². The SMILES string of the molecule is CC(C)=C(C(=O)OCc1ccccc1)N1C(=O)[C@@H](NC(=O)COC(=O)OCC(Cl)(Cl)Cl)[C@@H]1Cl. The second-order valence-electron chi connectivity index (χ2n) is 6.98. The first-order valence-electron chi connectivity index (χ1n) is 9.42. The van der Waals surface area contributed by atoms with E-state index in [-0.39, 0.29) is 12.3 Å². The number of alkyl halides is 4. The van der Waals surface area contributed by atoms with Crippen LogP contribution in [0.15, 0.2) is 41.6 Å². The minimum Gasteiger partial charge on any atom is -0.456 e. The number of allylic oxidation sites excluding steroid dienone is 1.